The van der Waals surface area contributed by atoms with E-state index in [4.69, 9.17) is 22.1 Å². The van der Waals surface area contributed by atoms with Gasteiger partial charge in [-0.15, -0.1) is 0 Å². The van der Waals surface area contributed by atoms with Crippen molar-refractivity contribution in [2.75, 3.05) is 13.1 Å². The van der Waals surface area contributed by atoms with Crippen LogP contribution in [0, 0.1) is 5.82 Å². The zero-order valence-electron chi connectivity index (χ0n) is 15.5. The molecule has 27 heavy (non-hydrogen) atoms. The molecule has 9 heteroatoms. The summed E-state index contributed by atoms with van der Waals surface area (Å²) < 4.78 is 34.0. The minimum absolute atomic E-state index is 0.0658. The van der Waals surface area contributed by atoms with Crippen LogP contribution in [0.3, 0.4) is 0 Å². The number of hydrogen-bond acceptors (Lipinski definition) is 4. The summed E-state index contributed by atoms with van der Waals surface area (Å²) in [6, 6.07) is 3.32. The minimum Gasteiger partial charge on any atom is -0.444 e. The largest absolute Gasteiger partial charge is 0.444 e. The van der Waals surface area contributed by atoms with Crippen LogP contribution < -0.4 is 11.1 Å². The van der Waals surface area contributed by atoms with Crippen LogP contribution in [0.15, 0.2) is 18.2 Å². The molecule has 3 N–H and O–H groups in total. The third-order valence-corrected chi connectivity index (χ3v) is 4.46. The Hall–Kier alpha value is -1.93. The molecule has 1 fully saturated rings. The molecule has 0 bridgehead atoms. The fraction of sp³-hybridized carbons (Fsp3) is 0.556. The average molecular weight is 404 g/mol. The molecule has 0 radical (unpaired) electrons. The van der Waals surface area contributed by atoms with Crippen LogP contribution in [0.2, 0.25) is 5.02 Å². The van der Waals surface area contributed by atoms with Crippen LogP contribution in [0.4, 0.5) is 13.6 Å². The van der Waals surface area contributed by atoms with Gasteiger partial charge >= 0.3 is 6.09 Å². The van der Waals surface area contributed by atoms with E-state index in [1.807, 2.05) is 0 Å². The van der Waals surface area contributed by atoms with Crippen molar-refractivity contribution in [1.29, 1.82) is 0 Å². The maximum atomic E-state index is 14.7. The molecule has 150 valence electrons. The van der Waals surface area contributed by atoms with Crippen LogP contribution in [0.5, 0.6) is 0 Å². The second-order valence-electron chi connectivity index (χ2n) is 7.61. The van der Waals surface area contributed by atoms with Crippen molar-refractivity contribution >= 4 is 23.6 Å². The number of rotatable bonds is 4. The number of likely N-dealkylation sites (tertiary alicyclic amines) is 1. The molecule has 0 saturated carbocycles. The molecule has 6 nitrogen and oxygen atoms in total. The van der Waals surface area contributed by atoms with Crippen LogP contribution in [0.25, 0.3) is 0 Å². The highest BCUT2D eigenvalue weighted by molar-refractivity contribution is 6.30. The van der Waals surface area contributed by atoms with E-state index < -0.39 is 35.1 Å². The lowest BCUT2D eigenvalue weighted by Gasteiger charge is -2.28. The first-order chi connectivity index (χ1) is 12.5. The molecule has 0 spiro atoms. The first-order valence-corrected chi connectivity index (χ1v) is 8.93. The summed E-state index contributed by atoms with van der Waals surface area (Å²) in [6.45, 7) is 4.18. The molecule has 1 aromatic carbocycles. The third-order valence-electron chi connectivity index (χ3n) is 4.17. The number of carbonyl (C=O) groups is 2. The predicted molar refractivity (Wildman–Crippen MR) is 97.5 cm³/mol. The maximum absolute atomic E-state index is 14.7. The molecule has 0 aliphatic carbocycles. The second kappa shape index (κ2) is 7.98. The van der Waals surface area contributed by atoms with Crippen LogP contribution >= 0.6 is 11.6 Å². The zero-order valence-corrected chi connectivity index (χ0v) is 16.3. The van der Waals surface area contributed by atoms with Crippen molar-refractivity contribution < 1.29 is 23.1 Å². The van der Waals surface area contributed by atoms with E-state index >= 15 is 0 Å². The van der Waals surface area contributed by atoms with Gasteiger partial charge < -0.3 is 15.8 Å². The fourth-order valence-corrected chi connectivity index (χ4v) is 3.01. The number of nitrogens with two attached hydrogens (primary N) is 1. The lowest BCUT2D eigenvalue weighted by Crippen LogP contribution is -2.47. The van der Waals surface area contributed by atoms with Crippen molar-refractivity contribution in [3.63, 3.8) is 0 Å². The Balaban J connectivity index is 2.13. The number of carbonyl (C=O) groups excluding carboxylic acids is 2. The second-order valence-corrected chi connectivity index (χ2v) is 8.02. The van der Waals surface area contributed by atoms with E-state index in [9.17, 15) is 18.4 Å². The summed E-state index contributed by atoms with van der Waals surface area (Å²) in [4.78, 5) is 26.0. The van der Waals surface area contributed by atoms with Gasteiger partial charge in [0.05, 0.1) is 11.6 Å². The van der Waals surface area contributed by atoms with E-state index in [1.54, 1.807) is 26.8 Å². The van der Waals surface area contributed by atoms with Gasteiger partial charge in [0.2, 0.25) is 5.91 Å². The Kier molecular flexibility index (Phi) is 6.32. The van der Waals surface area contributed by atoms with Gasteiger partial charge in [-0.25, -0.2) is 13.6 Å². The average Bonchev–Trinajstić information content (AvgIpc) is 2.93. The molecule has 0 unspecified atom stereocenters. The van der Waals surface area contributed by atoms with Crippen LogP contribution in [-0.4, -0.2) is 47.3 Å². The Labute approximate surface area is 162 Å². The summed E-state index contributed by atoms with van der Waals surface area (Å²) >= 11 is 5.72. The summed E-state index contributed by atoms with van der Waals surface area (Å²) in [5.74, 6) is -1.26. The number of hydrogen-bond donors (Lipinski definition) is 2. The topological polar surface area (TPSA) is 84.7 Å². The normalized spacial score (nSPS) is 22.6. The number of benzene rings is 1. The molecule has 2 rings (SSSR count). The van der Waals surface area contributed by atoms with Crippen molar-refractivity contribution in [2.45, 2.75) is 51.0 Å². The molecule has 1 saturated heterocycles. The monoisotopic (exact) mass is 403 g/mol. The zero-order chi connectivity index (χ0) is 20.4. The van der Waals surface area contributed by atoms with E-state index in [1.165, 1.54) is 12.1 Å². The van der Waals surface area contributed by atoms with Gasteiger partial charge in [0.1, 0.15) is 23.1 Å². The van der Waals surface area contributed by atoms with E-state index in [0.29, 0.717) is 0 Å². The lowest BCUT2D eigenvalue weighted by atomic mass is 10.0. The first kappa shape index (κ1) is 21.4. The number of nitrogens with zero attached hydrogens (tertiary/aromatic N) is 1. The van der Waals surface area contributed by atoms with Crippen LogP contribution in [0.1, 0.15) is 32.8 Å². The smallest absolute Gasteiger partial charge is 0.411 e. The first-order valence-electron chi connectivity index (χ1n) is 8.55. The number of halogens is 3. The lowest BCUT2D eigenvalue weighted by molar-refractivity contribution is -0.125. The molecule has 0 aromatic heterocycles. The Morgan fingerprint density at radius 2 is 2.11 bits per heavy atom. The highest BCUT2D eigenvalue weighted by atomic mass is 35.5. The molecule has 2 amide bonds. The Morgan fingerprint density at radius 1 is 1.44 bits per heavy atom. The number of nitrogens with one attached hydrogen (secondary N) is 1. The van der Waals surface area contributed by atoms with E-state index in [-0.39, 0.29) is 36.6 Å². The van der Waals surface area contributed by atoms with Gasteiger partial charge in [0.15, 0.2) is 0 Å². The highest BCUT2D eigenvalue weighted by Gasteiger charge is 2.49. The van der Waals surface area contributed by atoms with Gasteiger partial charge in [0.25, 0.3) is 0 Å². The number of amides is 2. The molecule has 1 aliphatic heterocycles. The molecule has 1 aliphatic rings. The van der Waals surface area contributed by atoms with Crippen molar-refractivity contribution in [2.24, 2.45) is 5.73 Å². The van der Waals surface area contributed by atoms with Gasteiger partial charge in [-0.2, -0.15) is 0 Å². The van der Waals surface area contributed by atoms with Gasteiger partial charge in [-0.3, -0.25) is 9.69 Å². The van der Waals surface area contributed by atoms with Gasteiger partial charge in [0, 0.05) is 25.1 Å². The number of alkyl halides is 1. The molecular weight excluding hydrogens is 380 g/mol. The fourth-order valence-electron chi connectivity index (χ4n) is 2.82. The minimum atomic E-state index is -1.89. The summed E-state index contributed by atoms with van der Waals surface area (Å²) in [5, 5.41) is 2.46. The maximum Gasteiger partial charge on any atom is 0.411 e. The standard InChI is InChI=1S/C18H24ClF2N3O3/c1-17(2,3)27-16(26)24-10-18(21,9-22)7-13(24)15(25)23-8-11-5-4-6-12(19)14(11)20/h4-6,13H,7-10,22H2,1-3H3,(H,23,25)/t13-,18-/m0/s1. The Bertz CT molecular complexity index is 726. The molecule has 1 aromatic rings. The SMILES string of the molecule is CC(C)(C)OC(=O)N1C[C@@](F)(CN)C[C@H]1C(=O)NCc1cccc(Cl)c1F. The van der Waals surface area contributed by atoms with Crippen molar-refractivity contribution in [3.8, 4) is 0 Å². The summed E-state index contributed by atoms with van der Waals surface area (Å²) in [5.41, 5.74) is 2.97. The van der Waals surface area contributed by atoms with Gasteiger partial charge in [-0.05, 0) is 26.8 Å². The van der Waals surface area contributed by atoms with E-state index in [0.717, 1.165) is 4.90 Å². The summed E-state index contributed by atoms with van der Waals surface area (Å²) in [6.07, 6.45) is -1.06. The van der Waals surface area contributed by atoms with Crippen molar-refractivity contribution in [1.82, 2.24) is 10.2 Å². The Morgan fingerprint density at radius 3 is 2.70 bits per heavy atom. The summed E-state index contributed by atoms with van der Waals surface area (Å²) in [7, 11) is 0. The predicted octanol–water partition coefficient (Wildman–Crippen LogP) is 2.77. The number of ether oxygens (including phenoxy) is 1. The van der Waals surface area contributed by atoms with Gasteiger partial charge in [-0.1, -0.05) is 23.7 Å². The molecule has 1 heterocycles. The van der Waals surface area contributed by atoms with E-state index in [2.05, 4.69) is 5.32 Å². The van der Waals surface area contributed by atoms with Crippen molar-refractivity contribution in [3.05, 3.63) is 34.6 Å². The van der Waals surface area contributed by atoms with Crippen LogP contribution in [-0.2, 0) is 16.1 Å². The quantitative estimate of drug-likeness (QED) is 0.809. The molecule has 2 atom stereocenters. The highest BCUT2D eigenvalue weighted by Crippen LogP contribution is 2.31. The third kappa shape index (κ3) is 5.29. The molecular formula is C18H24ClF2N3O3.